The molecule has 0 radical (unpaired) electrons. The number of ether oxygens (including phenoxy) is 4. The first kappa shape index (κ1) is 38.2. The van der Waals surface area contributed by atoms with E-state index in [-0.39, 0.29) is 6.42 Å². The van der Waals surface area contributed by atoms with E-state index in [2.05, 4.69) is 27.3 Å². The highest BCUT2D eigenvalue weighted by Gasteiger charge is 2.46. The highest BCUT2D eigenvalue weighted by molar-refractivity contribution is 6.16. The molecule has 0 spiro atoms. The Morgan fingerprint density at radius 2 is 1.42 bits per heavy atom. The lowest BCUT2D eigenvalue weighted by Gasteiger charge is -2.32. The summed E-state index contributed by atoms with van der Waals surface area (Å²) in [7, 11) is 1.51. The normalized spacial score (nSPS) is 13.6. The van der Waals surface area contributed by atoms with Gasteiger partial charge in [0.15, 0.2) is 5.78 Å². The Bertz CT molecular complexity index is 2240. The molecule has 1 fully saturated rings. The van der Waals surface area contributed by atoms with Crippen LogP contribution in [-0.4, -0.2) is 57.2 Å². The summed E-state index contributed by atoms with van der Waals surface area (Å²) in [6, 6.07) is 34.9. The van der Waals surface area contributed by atoms with Crippen LogP contribution in [-0.2, 0) is 43.1 Å². The van der Waals surface area contributed by atoms with Crippen molar-refractivity contribution in [1.82, 2.24) is 20.0 Å². The second-order valence-corrected chi connectivity index (χ2v) is 13.3. The van der Waals surface area contributed by atoms with E-state index in [1.165, 1.54) is 21.0 Å². The van der Waals surface area contributed by atoms with Crippen LogP contribution >= 0.6 is 0 Å². The van der Waals surface area contributed by atoms with Crippen LogP contribution in [0.1, 0.15) is 47.8 Å². The first-order chi connectivity index (χ1) is 26.5. The molecule has 2 aromatic heterocycles. The number of para-hydroxylation sites is 1. The molecule has 1 aliphatic heterocycles. The minimum atomic E-state index is -1.52. The highest BCUT2D eigenvalue weighted by atomic mass is 16.7. The molecule has 55 heavy (non-hydrogen) atoms. The van der Waals surface area contributed by atoms with Gasteiger partial charge < -0.3 is 23.4 Å². The quantitative estimate of drug-likeness (QED) is 0.0943. The van der Waals surface area contributed by atoms with Gasteiger partial charge in [-0.15, -0.1) is 0 Å². The number of aryl methyl sites for hydroxylation is 2. The maximum absolute atomic E-state index is 12.2. The Morgan fingerprint density at radius 1 is 0.782 bits per heavy atom. The van der Waals surface area contributed by atoms with Gasteiger partial charge in [0, 0.05) is 38.7 Å². The third-order valence-electron chi connectivity index (χ3n) is 8.65. The second-order valence-electron chi connectivity index (χ2n) is 13.3. The molecule has 0 saturated carbocycles. The number of carbonyl (C=O) groups excluding carboxylic acids is 3. The van der Waals surface area contributed by atoms with Crippen molar-refractivity contribution in [3.63, 3.8) is 0 Å². The van der Waals surface area contributed by atoms with E-state index in [9.17, 15) is 14.4 Å². The number of cyclic esters (lactones) is 2. The second kappa shape index (κ2) is 17.1. The average molecular weight is 743 g/mol. The van der Waals surface area contributed by atoms with Crippen molar-refractivity contribution in [1.29, 1.82) is 0 Å². The third-order valence-corrected chi connectivity index (χ3v) is 8.65. The lowest BCUT2D eigenvalue weighted by molar-refractivity contribution is -0.238. The van der Waals surface area contributed by atoms with Crippen molar-refractivity contribution in [2.24, 2.45) is 5.92 Å². The van der Waals surface area contributed by atoms with Gasteiger partial charge in [0.05, 0.1) is 36.5 Å². The number of ketones is 1. The summed E-state index contributed by atoms with van der Waals surface area (Å²) >= 11 is 0. The summed E-state index contributed by atoms with van der Waals surface area (Å²) in [6.45, 7) is 7.33. The number of aromatic nitrogens is 4. The molecule has 0 atom stereocenters. The molecule has 282 valence electrons. The molecule has 0 unspecified atom stereocenters. The summed E-state index contributed by atoms with van der Waals surface area (Å²) in [5.74, 6) is -2.26. The number of rotatable bonds is 12. The molecule has 12 heteroatoms. The van der Waals surface area contributed by atoms with Gasteiger partial charge in [0.2, 0.25) is 11.8 Å². The molecule has 0 N–H and O–H groups in total. The molecular weight excluding hydrogens is 700 g/mol. The average Bonchev–Trinajstić information content (AvgIpc) is 3.73. The van der Waals surface area contributed by atoms with E-state index in [1.807, 2.05) is 86.6 Å². The maximum Gasteiger partial charge on any atom is 0.331 e. The van der Waals surface area contributed by atoms with Gasteiger partial charge in [-0.05, 0) is 73.5 Å². The number of oxazole rings is 1. The van der Waals surface area contributed by atoms with Gasteiger partial charge in [-0.25, -0.2) is 4.98 Å². The van der Waals surface area contributed by atoms with Crippen LogP contribution in [0.15, 0.2) is 114 Å². The first-order valence-corrected chi connectivity index (χ1v) is 17.8. The van der Waals surface area contributed by atoms with Crippen LogP contribution in [0.5, 0.6) is 11.5 Å². The van der Waals surface area contributed by atoms with Crippen LogP contribution < -0.4 is 9.47 Å². The molecule has 7 rings (SSSR count). The molecule has 0 aliphatic carbocycles. The lowest BCUT2D eigenvalue weighted by atomic mass is 9.97. The zero-order valence-corrected chi connectivity index (χ0v) is 31.4. The van der Waals surface area contributed by atoms with E-state index >= 15 is 0 Å². The molecule has 6 aromatic rings. The molecule has 3 heterocycles. The van der Waals surface area contributed by atoms with Gasteiger partial charge in [-0.1, -0.05) is 60.7 Å². The van der Waals surface area contributed by atoms with Crippen LogP contribution in [0.4, 0.5) is 0 Å². The van der Waals surface area contributed by atoms with E-state index in [0.717, 1.165) is 45.4 Å². The van der Waals surface area contributed by atoms with E-state index in [0.29, 0.717) is 36.7 Å². The molecular formula is C43H42N4O8. The van der Waals surface area contributed by atoms with Gasteiger partial charge in [-0.3, -0.25) is 14.4 Å². The SMILES string of the molecule is COc1cccc(CC(=O)C2C(=O)OC(C)(C)OC2=O)c1.Cc1nn(-c2ccccc2)nc1Cc1cccc(OCCc2nc(-c3ccccc3)oc2C)c1. The van der Waals surface area contributed by atoms with E-state index in [1.54, 1.807) is 29.1 Å². The Labute approximate surface area is 319 Å². The first-order valence-electron chi connectivity index (χ1n) is 17.8. The number of benzene rings is 4. The maximum atomic E-state index is 12.2. The summed E-state index contributed by atoms with van der Waals surface area (Å²) in [4.78, 5) is 42.1. The van der Waals surface area contributed by atoms with Crippen molar-refractivity contribution < 1.29 is 37.7 Å². The highest BCUT2D eigenvalue weighted by Crippen LogP contribution is 2.26. The third kappa shape index (κ3) is 9.91. The molecule has 0 bridgehead atoms. The molecule has 1 saturated heterocycles. The monoisotopic (exact) mass is 742 g/mol. The minimum Gasteiger partial charge on any atom is -0.497 e. The number of Topliss-reactive ketones (excluding diaryl/α,β-unsaturated/α-hetero) is 1. The minimum absolute atomic E-state index is 0.0769. The predicted octanol–water partition coefficient (Wildman–Crippen LogP) is 7.01. The standard InChI is InChI=1S/C28H26N4O2.C15H16O6/c1-20-27(31-32(30-20)24-13-7-4-8-14-24)19-22-10-9-15-25(18-22)33-17-16-26-21(2)34-28(29-26)23-11-5-3-6-12-23;1-15(2)20-13(17)12(14(18)21-15)11(16)8-9-5-4-6-10(7-9)19-3/h3-15,18H,16-17,19H2,1-2H3;4-7,12H,8H2,1-3H3. The van der Waals surface area contributed by atoms with Crippen molar-refractivity contribution in [2.75, 3.05) is 13.7 Å². The molecule has 0 amide bonds. The Balaban J connectivity index is 0.000000211. The van der Waals surface area contributed by atoms with Gasteiger partial charge in [-0.2, -0.15) is 15.0 Å². The number of nitrogens with zero attached hydrogens (tertiary/aromatic N) is 4. The van der Waals surface area contributed by atoms with Gasteiger partial charge >= 0.3 is 11.9 Å². The van der Waals surface area contributed by atoms with Crippen LogP contribution in [0, 0.1) is 19.8 Å². The number of methoxy groups -OCH3 is 1. The Morgan fingerprint density at radius 3 is 2.11 bits per heavy atom. The largest absolute Gasteiger partial charge is 0.497 e. The molecule has 12 nitrogen and oxygen atoms in total. The van der Waals surface area contributed by atoms with E-state index < -0.39 is 29.4 Å². The smallest absolute Gasteiger partial charge is 0.331 e. The summed E-state index contributed by atoms with van der Waals surface area (Å²) in [6.07, 6.45) is 1.29. The zero-order valence-electron chi connectivity index (χ0n) is 31.4. The predicted molar refractivity (Wildman–Crippen MR) is 203 cm³/mol. The van der Waals surface area contributed by atoms with Crippen LogP contribution in [0.2, 0.25) is 0 Å². The summed E-state index contributed by atoms with van der Waals surface area (Å²) < 4.78 is 26.8. The van der Waals surface area contributed by atoms with Crippen molar-refractivity contribution in [3.05, 3.63) is 143 Å². The van der Waals surface area contributed by atoms with Gasteiger partial charge in [0.1, 0.15) is 17.3 Å². The number of hydrogen-bond acceptors (Lipinski definition) is 11. The van der Waals surface area contributed by atoms with Crippen molar-refractivity contribution in [2.45, 2.75) is 52.7 Å². The summed E-state index contributed by atoms with van der Waals surface area (Å²) in [5.41, 5.74) is 6.49. The molecule has 4 aromatic carbocycles. The number of carbonyl (C=O) groups is 3. The van der Waals surface area contributed by atoms with Crippen LogP contribution in [0.25, 0.3) is 17.1 Å². The fourth-order valence-corrected chi connectivity index (χ4v) is 5.89. The topological polar surface area (TPSA) is 145 Å². The van der Waals surface area contributed by atoms with Crippen molar-refractivity contribution >= 4 is 17.7 Å². The van der Waals surface area contributed by atoms with E-state index in [4.69, 9.17) is 23.4 Å². The Hall–Kier alpha value is -6.56. The van der Waals surface area contributed by atoms with Crippen LogP contribution in [0.3, 0.4) is 0 Å². The van der Waals surface area contributed by atoms with Gasteiger partial charge in [0.25, 0.3) is 5.79 Å². The molecule has 1 aliphatic rings. The Kier molecular flexibility index (Phi) is 11.8. The fourth-order valence-electron chi connectivity index (χ4n) is 5.89. The fraction of sp³-hybridized carbons (Fsp3) is 0.256. The van der Waals surface area contributed by atoms with Crippen molar-refractivity contribution in [3.8, 4) is 28.6 Å². The summed E-state index contributed by atoms with van der Waals surface area (Å²) in [5, 5.41) is 9.26. The number of hydrogen-bond donors (Lipinski definition) is 0. The zero-order chi connectivity index (χ0) is 39.0. The lowest BCUT2D eigenvalue weighted by Crippen LogP contribution is -2.49. The number of esters is 2.